The summed E-state index contributed by atoms with van der Waals surface area (Å²) in [6.45, 7) is 1.76. The molecule has 0 atom stereocenters. The molecule has 0 aliphatic rings. The second kappa shape index (κ2) is 3.18. The van der Waals surface area contributed by atoms with E-state index in [9.17, 15) is 4.79 Å². The number of hydrogen-bond donors (Lipinski definition) is 1. The molecule has 0 radical (unpaired) electrons. The number of nitrogens with zero attached hydrogens (tertiary/aromatic N) is 1. The maximum atomic E-state index is 10.0. The van der Waals surface area contributed by atoms with Gasteiger partial charge in [0, 0.05) is 7.05 Å². The van der Waals surface area contributed by atoms with Gasteiger partial charge < -0.3 is 5.11 Å². The lowest BCUT2D eigenvalue weighted by molar-refractivity contribution is -0.129. The lowest BCUT2D eigenvalue weighted by Gasteiger charge is -1.89. The van der Waals surface area contributed by atoms with Gasteiger partial charge in [0.2, 0.25) is 0 Å². The molecule has 46 valence electrons. The van der Waals surface area contributed by atoms with Crippen LogP contribution in [-0.2, 0) is 4.79 Å². The zero-order valence-corrected chi connectivity index (χ0v) is 5.01. The molecule has 0 fully saturated rings. The molecule has 0 aromatic carbocycles. The van der Waals surface area contributed by atoms with Gasteiger partial charge in [-0.05, 0) is 6.42 Å². The van der Waals surface area contributed by atoms with E-state index in [1.165, 1.54) is 7.05 Å². The molecule has 8 heavy (non-hydrogen) atoms. The lowest BCUT2D eigenvalue weighted by Crippen LogP contribution is -2.10. The molecule has 0 aliphatic heterocycles. The summed E-state index contributed by atoms with van der Waals surface area (Å²) in [5, 5.41) is 8.24. The second-order valence-corrected chi connectivity index (χ2v) is 1.33. The summed E-state index contributed by atoms with van der Waals surface area (Å²) in [6, 6.07) is 0. The van der Waals surface area contributed by atoms with E-state index in [-0.39, 0.29) is 5.71 Å². The smallest absolute Gasteiger partial charge is 0.349 e. The summed E-state index contributed by atoms with van der Waals surface area (Å²) in [4.78, 5) is 13.6. The van der Waals surface area contributed by atoms with Gasteiger partial charge in [0.25, 0.3) is 0 Å². The molecule has 0 saturated heterocycles. The summed E-state index contributed by atoms with van der Waals surface area (Å²) in [6.07, 6.45) is 0.492. The third kappa shape index (κ3) is 1.73. The van der Waals surface area contributed by atoms with Gasteiger partial charge in [0.15, 0.2) is 0 Å². The van der Waals surface area contributed by atoms with E-state index in [4.69, 9.17) is 5.11 Å². The number of aliphatic carboxylic acids is 1. The highest BCUT2D eigenvalue weighted by Crippen LogP contribution is 1.82. The van der Waals surface area contributed by atoms with Gasteiger partial charge in [-0.3, -0.25) is 4.99 Å². The first-order valence-electron chi connectivity index (χ1n) is 2.41. The van der Waals surface area contributed by atoms with Gasteiger partial charge >= 0.3 is 5.97 Å². The number of rotatable bonds is 2. The largest absolute Gasteiger partial charge is 0.477 e. The zero-order chi connectivity index (χ0) is 6.57. The van der Waals surface area contributed by atoms with E-state index in [2.05, 4.69) is 4.99 Å². The summed E-state index contributed by atoms with van der Waals surface area (Å²) in [5.41, 5.74) is 0.227. The van der Waals surface area contributed by atoms with Crippen LogP contribution in [0.1, 0.15) is 13.3 Å². The van der Waals surface area contributed by atoms with Gasteiger partial charge in [0.05, 0.1) is 0 Å². The predicted molar refractivity (Wildman–Crippen MR) is 31.3 cm³/mol. The normalized spacial score (nSPS) is 11.5. The Balaban J connectivity index is 3.92. The van der Waals surface area contributed by atoms with Crippen molar-refractivity contribution in [2.75, 3.05) is 7.05 Å². The maximum absolute atomic E-state index is 10.0. The van der Waals surface area contributed by atoms with Crippen molar-refractivity contribution < 1.29 is 9.90 Å². The highest BCUT2D eigenvalue weighted by molar-refractivity contribution is 6.35. The van der Waals surface area contributed by atoms with Crippen LogP contribution in [0.15, 0.2) is 4.99 Å². The van der Waals surface area contributed by atoms with Crippen LogP contribution in [0.4, 0.5) is 0 Å². The highest BCUT2D eigenvalue weighted by atomic mass is 16.4. The minimum atomic E-state index is -0.921. The quantitative estimate of drug-likeness (QED) is 0.534. The predicted octanol–water partition coefficient (Wildman–Crippen LogP) is 0.552. The van der Waals surface area contributed by atoms with Crippen LogP contribution < -0.4 is 0 Å². The Bertz CT molecular complexity index is 118. The van der Waals surface area contributed by atoms with Crippen LogP contribution in [0.25, 0.3) is 0 Å². The Morgan fingerprint density at radius 3 is 2.25 bits per heavy atom. The van der Waals surface area contributed by atoms with Crippen LogP contribution >= 0.6 is 0 Å². The van der Waals surface area contributed by atoms with E-state index in [1.807, 2.05) is 0 Å². The number of carboxylic acids is 1. The monoisotopic (exact) mass is 115 g/mol. The van der Waals surface area contributed by atoms with Crippen LogP contribution in [0, 0.1) is 0 Å². The summed E-state index contributed by atoms with van der Waals surface area (Å²) >= 11 is 0. The lowest BCUT2D eigenvalue weighted by atomic mass is 10.3. The summed E-state index contributed by atoms with van der Waals surface area (Å²) in [5.74, 6) is -0.921. The Kier molecular flexibility index (Phi) is 2.84. The fraction of sp³-hybridized carbons (Fsp3) is 0.600. The number of carbonyl (C=O) groups is 1. The molecule has 0 bridgehead atoms. The van der Waals surface area contributed by atoms with Crippen LogP contribution in [0.3, 0.4) is 0 Å². The molecule has 0 unspecified atom stereocenters. The van der Waals surface area contributed by atoms with E-state index in [0.717, 1.165) is 0 Å². The van der Waals surface area contributed by atoms with Crippen molar-refractivity contribution in [2.45, 2.75) is 13.3 Å². The first kappa shape index (κ1) is 7.14. The number of aliphatic imine (C=N–C) groups is 1. The Labute approximate surface area is 48.1 Å². The zero-order valence-electron chi connectivity index (χ0n) is 5.01. The summed E-state index contributed by atoms with van der Waals surface area (Å²) in [7, 11) is 1.48. The average molecular weight is 115 g/mol. The Morgan fingerprint density at radius 2 is 2.25 bits per heavy atom. The maximum Gasteiger partial charge on any atom is 0.349 e. The highest BCUT2D eigenvalue weighted by Gasteiger charge is 2.01. The van der Waals surface area contributed by atoms with Crippen molar-refractivity contribution >= 4 is 11.7 Å². The van der Waals surface area contributed by atoms with Gasteiger partial charge in [-0.2, -0.15) is 0 Å². The molecule has 3 nitrogen and oxygen atoms in total. The first-order chi connectivity index (χ1) is 3.72. The molecule has 1 N–H and O–H groups in total. The third-order valence-corrected chi connectivity index (χ3v) is 0.852. The minimum absolute atomic E-state index is 0.227. The van der Waals surface area contributed by atoms with Crippen molar-refractivity contribution in [2.24, 2.45) is 4.99 Å². The fourth-order valence-corrected chi connectivity index (χ4v) is 0.405. The molecule has 0 saturated carbocycles. The van der Waals surface area contributed by atoms with Crippen molar-refractivity contribution in [3.8, 4) is 0 Å². The van der Waals surface area contributed by atoms with E-state index >= 15 is 0 Å². The molecular weight excluding hydrogens is 106 g/mol. The fourth-order valence-electron chi connectivity index (χ4n) is 0.405. The van der Waals surface area contributed by atoms with Gasteiger partial charge in [-0.15, -0.1) is 0 Å². The molecule has 0 rings (SSSR count). The van der Waals surface area contributed by atoms with E-state index in [1.54, 1.807) is 6.92 Å². The number of hydrogen-bond acceptors (Lipinski definition) is 2. The number of carboxylic acid groups (broad SMARTS) is 1. The average Bonchev–Trinajstić information content (AvgIpc) is 1.69. The Hall–Kier alpha value is -0.860. The topological polar surface area (TPSA) is 49.7 Å². The Morgan fingerprint density at radius 1 is 1.75 bits per heavy atom. The van der Waals surface area contributed by atoms with Gasteiger partial charge in [0.1, 0.15) is 5.71 Å². The molecule has 0 aliphatic carbocycles. The van der Waals surface area contributed by atoms with Crippen molar-refractivity contribution in [1.29, 1.82) is 0 Å². The van der Waals surface area contributed by atoms with Gasteiger partial charge in [-0.1, -0.05) is 6.92 Å². The van der Waals surface area contributed by atoms with Crippen molar-refractivity contribution in [3.05, 3.63) is 0 Å². The third-order valence-electron chi connectivity index (χ3n) is 0.852. The molecule has 0 amide bonds. The molecular formula is C5H9NO2. The van der Waals surface area contributed by atoms with E-state index in [0.29, 0.717) is 6.42 Å². The minimum Gasteiger partial charge on any atom is -0.477 e. The SMILES string of the molecule is CC/C(=N/C)C(=O)O. The van der Waals surface area contributed by atoms with Crippen LogP contribution in [0.2, 0.25) is 0 Å². The molecule has 0 heterocycles. The van der Waals surface area contributed by atoms with Crippen LogP contribution in [-0.4, -0.2) is 23.8 Å². The molecule has 0 spiro atoms. The molecule has 3 heteroatoms. The standard InChI is InChI=1S/C5H9NO2/c1-3-4(6-2)5(7)8/h3H2,1-2H3,(H,7,8)/b6-4-. The van der Waals surface area contributed by atoms with E-state index < -0.39 is 5.97 Å². The first-order valence-corrected chi connectivity index (χ1v) is 2.41. The van der Waals surface area contributed by atoms with Gasteiger partial charge in [-0.25, -0.2) is 4.79 Å². The van der Waals surface area contributed by atoms with Crippen molar-refractivity contribution in [3.63, 3.8) is 0 Å². The molecule has 0 aromatic rings. The molecule has 0 aromatic heterocycles. The van der Waals surface area contributed by atoms with Crippen LogP contribution in [0.5, 0.6) is 0 Å². The second-order valence-electron chi connectivity index (χ2n) is 1.33. The van der Waals surface area contributed by atoms with Crippen molar-refractivity contribution in [1.82, 2.24) is 0 Å². The summed E-state index contributed by atoms with van der Waals surface area (Å²) < 4.78 is 0.